The summed E-state index contributed by atoms with van der Waals surface area (Å²) in [6.07, 6.45) is 0.683. The van der Waals surface area contributed by atoms with Crippen LogP contribution in [0, 0.1) is 10.8 Å². The molecule has 0 radical (unpaired) electrons. The van der Waals surface area contributed by atoms with Crippen LogP contribution in [0.4, 0.5) is 9.59 Å². The second-order valence-corrected chi connectivity index (χ2v) is 13.3. The van der Waals surface area contributed by atoms with Gasteiger partial charge in [0, 0.05) is 32.1 Å². The van der Waals surface area contributed by atoms with Gasteiger partial charge < -0.3 is 30.7 Å². The van der Waals surface area contributed by atoms with E-state index in [-0.39, 0.29) is 28.8 Å². The SMILES string of the molecule is CC(C)(C)OC(=O)N[C@H](CN)C(C)(C)C.CC(C)(C)OC(=O)N[C@H](CN1CCCC1=O)C(C)(C)C. The van der Waals surface area contributed by atoms with E-state index in [1.807, 2.05) is 67.2 Å². The van der Waals surface area contributed by atoms with Crippen LogP contribution in [0.2, 0.25) is 0 Å². The summed E-state index contributed by atoms with van der Waals surface area (Å²) in [6, 6.07) is -0.202. The van der Waals surface area contributed by atoms with E-state index in [2.05, 4.69) is 31.4 Å². The lowest BCUT2D eigenvalue weighted by molar-refractivity contribution is -0.128. The van der Waals surface area contributed by atoms with Crippen molar-refractivity contribution in [1.29, 1.82) is 0 Å². The van der Waals surface area contributed by atoms with E-state index in [0.717, 1.165) is 13.0 Å². The first kappa shape index (κ1) is 33.0. The predicted octanol–water partition coefficient (Wildman–Crippen LogP) is 4.43. The highest BCUT2D eigenvalue weighted by molar-refractivity contribution is 5.78. The Hall–Kier alpha value is -2.03. The molecule has 1 saturated heterocycles. The van der Waals surface area contributed by atoms with Gasteiger partial charge in [-0.05, 0) is 58.8 Å². The molecule has 0 spiro atoms. The fourth-order valence-electron chi connectivity index (χ4n) is 3.18. The molecule has 1 fully saturated rings. The van der Waals surface area contributed by atoms with Crippen LogP contribution in [-0.2, 0) is 14.3 Å². The largest absolute Gasteiger partial charge is 0.444 e. The van der Waals surface area contributed by atoms with Gasteiger partial charge in [0.1, 0.15) is 11.2 Å². The first-order chi connectivity index (χ1) is 15.5. The van der Waals surface area contributed by atoms with E-state index >= 15 is 0 Å². The third-order valence-electron chi connectivity index (χ3n) is 5.28. The van der Waals surface area contributed by atoms with Crippen molar-refractivity contribution in [2.45, 2.75) is 119 Å². The average molecular weight is 501 g/mol. The molecule has 3 amide bonds. The zero-order chi connectivity index (χ0) is 27.8. The molecule has 206 valence electrons. The van der Waals surface area contributed by atoms with Crippen LogP contribution in [0.5, 0.6) is 0 Å². The van der Waals surface area contributed by atoms with Gasteiger partial charge >= 0.3 is 12.2 Å². The molecule has 1 aliphatic heterocycles. The summed E-state index contributed by atoms with van der Waals surface area (Å²) in [5.74, 6) is 0.172. The monoisotopic (exact) mass is 500 g/mol. The average Bonchev–Trinajstić information content (AvgIpc) is 2.99. The summed E-state index contributed by atoms with van der Waals surface area (Å²) >= 11 is 0. The molecule has 0 aromatic carbocycles. The van der Waals surface area contributed by atoms with Crippen molar-refractivity contribution < 1.29 is 23.9 Å². The molecule has 0 unspecified atom stereocenters. The Bertz CT molecular complexity index is 696. The van der Waals surface area contributed by atoms with Crippen molar-refractivity contribution in [2.75, 3.05) is 19.6 Å². The molecular formula is C26H52N4O5. The van der Waals surface area contributed by atoms with Crippen LogP contribution in [0.15, 0.2) is 0 Å². The highest BCUT2D eigenvalue weighted by Crippen LogP contribution is 2.23. The molecule has 2 atom stereocenters. The fraction of sp³-hybridized carbons (Fsp3) is 0.885. The number of hydrogen-bond donors (Lipinski definition) is 3. The summed E-state index contributed by atoms with van der Waals surface area (Å²) in [5.41, 5.74) is 4.41. The third kappa shape index (κ3) is 14.9. The van der Waals surface area contributed by atoms with Gasteiger partial charge in [-0.1, -0.05) is 41.5 Å². The predicted molar refractivity (Wildman–Crippen MR) is 140 cm³/mol. The first-order valence-corrected chi connectivity index (χ1v) is 12.5. The fourth-order valence-corrected chi connectivity index (χ4v) is 3.18. The molecule has 0 aromatic heterocycles. The lowest BCUT2D eigenvalue weighted by Gasteiger charge is -2.35. The number of carbonyl (C=O) groups excluding carboxylic acids is 3. The van der Waals surface area contributed by atoms with Crippen LogP contribution in [0.1, 0.15) is 95.9 Å². The lowest BCUT2D eigenvalue weighted by Crippen LogP contribution is -2.52. The van der Waals surface area contributed by atoms with E-state index in [0.29, 0.717) is 19.5 Å². The molecule has 35 heavy (non-hydrogen) atoms. The quantitative estimate of drug-likeness (QED) is 0.513. The Labute approximate surface area is 213 Å². The van der Waals surface area contributed by atoms with Gasteiger partial charge in [0.25, 0.3) is 0 Å². The molecule has 4 N–H and O–H groups in total. The number of amides is 3. The van der Waals surface area contributed by atoms with Crippen molar-refractivity contribution in [2.24, 2.45) is 16.6 Å². The Balaban J connectivity index is 0.000000691. The smallest absolute Gasteiger partial charge is 0.407 e. The molecule has 9 nitrogen and oxygen atoms in total. The van der Waals surface area contributed by atoms with E-state index in [1.54, 1.807) is 0 Å². The minimum Gasteiger partial charge on any atom is -0.444 e. The van der Waals surface area contributed by atoms with Crippen LogP contribution in [0.25, 0.3) is 0 Å². The Morgan fingerprint density at radius 3 is 1.51 bits per heavy atom. The Morgan fingerprint density at radius 2 is 1.23 bits per heavy atom. The van der Waals surface area contributed by atoms with Crippen LogP contribution < -0.4 is 16.4 Å². The minimum absolute atomic E-state index is 0.0638. The number of alkyl carbamates (subject to hydrolysis) is 2. The summed E-state index contributed by atoms with van der Waals surface area (Å²) in [5, 5.41) is 5.68. The molecule has 0 bridgehead atoms. The van der Waals surface area contributed by atoms with Crippen molar-refractivity contribution in [3.63, 3.8) is 0 Å². The van der Waals surface area contributed by atoms with Crippen LogP contribution in [-0.4, -0.2) is 65.9 Å². The molecule has 1 heterocycles. The highest BCUT2D eigenvalue weighted by atomic mass is 16.6. The van der Waals surface area contributed by atoms with Crippen molar-refractivity contribution in [1.82, 2.24) is 15.5 Å². The number of carbonyl (C=O) groups is 3. The van der Waals surface area contributed by atoms with Gasteiger partial charge in [-0.3, -0.25) is 4.79 Å². The molecule has 1 rings (SSSR count). The van der Waals surface area contributed by atoms with Gasteiger partial charge in [-0.25, -0.2) is 9.59 Å². The number of likely N-dealkylation sites (tertiary alicyclic amines) is 1. The molecule has 0 aliphatic carbocycles. The van der Waals surface area contributed by atoms with Crippen molar-refractivity contribution in [3.05, 3.63) is 0 Å². The first-order valence-electron chi connectivity index (χ1n) is 12.5. The third-order valence-corrected chi connectivity index (χ3v) is 5.28. The standard InChI is InChI=1S/C15H28N2O3.C11H24N2O2/c1-14(2,3)11(10-17-9-7-8-12(17)18)16-13(19)20-15(4,5)6;1-10(2,3)8(7-12)13-9(14)15-11(4,5)6/h11H,7-10H2,1-6H3,(H,16,19);8H,7,12H2,1-6H3,(H,13,14)/t11-;8-/m11/s1. The van der Waals surface area contributed by atoms with Gasteiger partial charge in [0.2, 0.25) is 5.91 Å². The Morgan fingerprint density at radius 1 is 0.829 bits per heavy atom. The van der Waals surface area contributed by atoms with E-state index < -0.39 is 23.4 Å². The lowest BCUT2D eigenvalue weighted by atomic mass is 9.86. The van der Waals surface area contributed by atoms with E-state index in [4.69, 9.17) is 15.2 Å². The van der Waals surface area contributed by atoms with E-state index in [1.165, 1.54) is 0 Å². The topological polar surface area (TPSA) is 123 Å². The maximum Gasteiger partial charge on any atom is 0.407 e. The number of rotatable bonds is 5. The normalized spacial score (nSPS) is 16.6. The molecule has 0 aromatic rings. The summed E-state index contributed by atoms with van der Waals surface area (Å²) in [4.78, 5) is 37.0. The number of ether oxygens (including phenoxy) is 2. The minimum atomic E-state index is -0.518. The van der Waals surface area contributed by atoms with Gasteiger partial charge in [0.15, 0.2) is 0 Å². The summed E-state index contributed by atoms with van der Waals surface area (Å²) in [6.45, 7) is 25.0. The van der Waals surface area contributed by atoms with Crippen molar-refractivity contribution >= 4 is 18.1 Å². The van der Waals surface area contributed by atoms with Crippen LogP contribution >= 0.6 is 0 Å². The maximum atomic E-state index is 11.9. The Kier molecular flexibility index (Phi) is 12.0. The van der Waals surface area contributed by atoms with Gasteiger partial charge in [-0.15, -0.1) is 0 Å². The number of hydrogen-bond acceptors (Lipinski definition) is 6. The van der Waals surface area contributed by atoms with Crippen LogP contribution in [0.3, 0.4) is 0 Å². The van der Waals surface area contributed by atoms with Gasteiger partial charge in [-0.2, -0.15) is 0 Å². The van der Waals surface area contributed by atoms with Gasteiger partial charge in [0.05, 0.1) is 6.04 Å². The zero-order valence-corrected chi connectivity index (χ0v) is 24.3. The maximum absolute atomic E-state index is 11.9. The number of nitrogens with zero attached hydrogens (tertiary/aromatic N) is 1. The van der Waals surface area contributed by atoms with Crippen molar-refractivity contribution in [3.8, 4) is 0 Å². The highest BCUT2D eigenvalue weighted by Gasteiger charge is 2.32. The second kappa shape index (κ2) is 12.8. The number of nitrogens with two attached hydrogens (primary N) is 1. The summed E-state index contributed by atoms with van der Waals surface area (Å²) < 4.78 is 10.5. The summed E-state index contributed by atoms with van der Waals surface area (Å²) in [7, 11) is 0. The molecular weight excluding hydrogens is 448 g/mol. The zero-order valence-electron chi connectivity index (χ0n) is 24.3. The molecule has 0 saturated carbocycles. The van der Waals surface area contributed by atoms with E-state index in [9.17, 15) is 14.4 Å². The second-order valence-electron chi connectivity index (χ2n) is 13.3. The molecule has 1 aliphatic rings. The molecule has 9 heteroatoms. The number of nitrogens with one attached hydrogen (secondary N) is 2.